The Bertz CT molecular complexity index is 336. The van der Waals surface area contributed by atoms with Crippen LogP contribution in [0.2, 0.25) is 0 Å². The maximum atomic E-state index is 5.22. The van der Waals surface area contributed by atoms with Gasteiger partial charge in [0.05, 0.1) is 6.61 Å². The smallest absolute Gasteiger partial charge is 0.0663 e. The van der Waals surface area contributed by atoms with E-state index in [2.05, 4.69) is 50.9 Å². The zero-order chi connectivity index (χ0) is 12.1. The van der Waals surface area contributed by atoms with E-state index in [-0.39, 0.29) is 0 Å². The van der Waals surface area contributed by atoms with Crippen molar-refractivity contribution in [3.05, 3.63) is 29.3 Å². The molecule has 0 N–H and O–H groups in total. The predicted octanol–water partition coefficient (Wildman–Crippen LogP) is 3.03. The van der Waals surface area contributed by atoms with Gasteiger partial charge in [0.2, 0.25) is 0 Å². The van der Waals surface area contributed by atoms with Crippen LogP contribution in [0.15, 0.2) is 18.2 Å². The Kier molecular flexibility index (Phi) is 4.81. The molecule has 1 rings (SSSR count). The Morgan fingerprint density at radius 1 is 1.38 bits per heavy atom. The molecule has 0 spiro atoms. The summed E-state index contributed by atoms with van der Waals surface area (Å²) in [5.74, 6) is 0. The summed E-state index contributed by atoms with van der Waals surface area (Å²) in [6.07, 6.45) is 1.07. The van der Waals surface area contributed by atoms with Gasteiger partial charge in [0.15, 0.2) is 0 Å². The van der Waals surface area contributed by atoms with Crippen molar-refractivity contribution in [2.24, 2.45) is 0 Å². The van der Waals surface area contributed by atoms with E-state index in [9.17, 15) is 0 Å². The van der Waals surface area contributed by atoms with E-state index < -0.39 is 0 Å². The van der Waals surface area contributed by atoms with Crippen molar-refractivity contribution in [3.8, 4) is 0 Å². The topological polar surface area (TPSA) is 12.5 Å². The number of anilines is 1. The maximum Gasteiger partial charge on any atom is 0.0663 e. The lowest BCUT2D eigenvalue weighted by Gasteiger charge is -2.30. The SMILES string of the molecule is CCc1cccc(C)c1N(C)C(C)COC. The second-order valence-corrected chi connectivity index (χ2v) is 4.35. The molecule has 0 saturated heterocycles. The van der Waals surface area contributed by atoms with Gasteiger partial charge in [-0.15, -0.1) is 0 Å². The molecule has 0 aromatic heterocycles. The van der Waals surface area contributed by atoms with Crippen LogP contribution in [0.3, 0.4) is 0 Å². The van der Waals surface area contributed by atoms with Crippen LogP contribution in [0, 0.1) is 6.92 Å². The lowest BCUT2D eigenvalue weighted by Crippen LogP contribution is -2.33. The first-order valence-corrected chi connectivity index (χ1v) is 5.92. The largest absolute Gasteiger partial charge is 0.383 e. The molecule has 1 aromatic carbocycles. The summed E-state index contributed by atoms with van der Waals surface area (Å²) < 4.78 is 5.22. The van der Waals surface area contributed by atoms with Crippen molar-refractivity contribution in [1.82, 2.24) is 0 Å². The molecule has 1 unspecified atom stereocenters. The quantitative estimate of drug-likeness (QED) is 0.758. The second-order valence-electron chi connectivity index (χ2n) is 4.35. The molecule has 1 aromatic rings. The molecule has 16 heavy (non-hydrogen) atoms. The maximum absolute atomic E-state index is 5.22. The van der Waals surface area contributed by atoms with E-state index in [1.807, 2.05) is 0 Å². The molecule has 90 valence electrons. The number of para-hydroxylation sites is 1. The number of methoxy groups -OCH3 is 1. The molecule has 0 aliphatic heterocycles. The zero-order valence-corrected chi connectivity index (χ0v) is 11.1. The Morgan fingerprint density at radius 3 is 2.62 bits per heavy atom. The van der Waals surface area contributed by atoms with Crippen LogP contribution in [0.4, 0.5) is 5.69 Å². The van der Waals surface area contributed by atoms with Gasteiger partial charge in [-0.1, -0.05) is 25.1 Å². The van der Waals surface area contributed by atoms with Gasteiger partial charge < -0.3 is 9.64 Å². The van der Waals surface area contributed by atoms with Crippen LogP contribution in [0.1, 0.15) is 25.0 Å². The number of nitrogens with zero attached hydrogens (tertiary/aromatic N) is 1. The fourth-order valence-electron chi connectivity index (χ4n) is 2.08. The van der Waals surface area contributed by atoms with Crippen LogP contribution in [0.25, 0.3) is 0 Å². The third-order valence-electron chi connectivity index (χ3n) is 3.12. The molecule has 0 aliphatic rings. The van der Waals surface area contributed by atoms with E-state index in [0.29, 0.717) is 6.04 Å². The van der Waals surface area contributed by atoms with Gasteiger partial charge in [0.25, 0.3) is 0 Å². The highest BCUT2D eigenvalue weighted by atomic mass is 16.5. The average Bonchev–Trinajstić information content (AvgIpc) is 2.28. The van der Waals surface area contributed by atoms with Crippen LogP contribution >= 0.6 is 0 Å². The third-order valence-corrected chi connectivity index (χ3v) is 3.12. The van der Waals surface area contributed by atoms with Crippen LogP contribution in [-0.4, -0.2) is 26.8 Å². The highest BCUT2D eigenvalue weighted by Crippen LogP contribution is 2.26. The summed E-state index contributed by atoms with van der Waals surface area (Å²) in [6.45, 7) is 7.32. The van der Waals surface area contributed by atoms with E-state index in [1.54, 1.807) is 7.11 Å². The molecule has 0 aliphatic carbocycles. The highest BCUT2D eigenvalue weighted by Gasteiger charge is 2.14. The summed E-state index contributed by atoms with van der Waals surface area (Å²) in [5, 5.41) is 0. The molecular formula is C14H23NO. The first kappa shape index (κ1) is 13.0. The number of rotatable bonds is 5. The van der Waals surface area contributed by atoms with Gasteiger partial charge in [-0.05, 0) is 31.4 Å². The lowest BCUT2D eigenvalue weighted by atomic mass is 10.0. The van der Waals surface area contributed by atoms with Crippen molar-refractivity contribution in [3.63, 3.8) is 0 Å². The van der Waals surface area contributed by atoms with Crippen molar-refractivity contribution in [2.75, 3.05) is 25.7 Å². The van der Waals surface area contributed by atoms with Crippen molar-refractivity contribution in [2.45, 2.75) is 33.2 Å². The Hall–Kier alpha value is -1.02. The minimum absolute atomic E-state index is 0.399. The number of likely N-dealkylation sites (N-methyl/N-ethyl adjacent to an activating group) is 1. The molecule has 0 amide bonds. The fraction of sp³-hybridized carbons (Fsp3) is 0.571. The van der Waals surface area contributed by atoms with Gasteiger partial charge in [0, 0.05) is 25.9 Å². The molecule has 2 nitrogen and oxygen atoms in total. The Morgan fingerprint density at radius 2 is 2.06 bits per heavy atom. The molecule has 0 radical (unpaired) electrons. The van der Waals surface area contributed by atoms with E-state index in [0.717, 1.165) is 13.0 Å². The molecule has 2 heteroatoms. The summed E-state index contributed by atoms with van der Waals surface area (Å²) in [7, 11) is 3.90. The fourth-order valence-corrected chi connectivity index (χ4v) is 2.08. The standard InChI is InChI=1S/C14H23NO/c1-6-13-9-7-8-11(2)14(13)15(4)12(3)10-16-5/h7-9,12H,6,10H2,1-5H3. The number of hydrogen-bond donors (Lipinski definition) is 0. The number of aryl methyl sites for hydroxylation is 2. The van der Waals surface area contributed by atoms with Gasteiger partial charge in [-0.2, -0.15) is 0 Å². The number of ether oxygens (including phenoxy) is 1. The predicted molar refractivity (Wildman–Crippen MR) is 70.3 cm³/mol. The van der Waals surface area contributed by atoms with Crippen molar-refractivity contribution >= 4 is 5.69 Å². The minimum atomic E-state index is 0.399. The molecule has 0 heterocycles. The van der Waals surface area contributed by atoms with Crippen LogP contribution in [0.5, 0.6) is 0 Å². The lowest BCUT2D eigenvalue weighted by molar-refractivity contribution is 0.183. The van der Waals surface area contributed by atoms with E-state index in [1.165, 1.54) is 16.8 Å². The summed E-state index contributed by atoms with van der Waals surface area (Å²) in [6, 6.07) is 6.91. The highest BCUT2D eigenvalue weighted by molar-refractivity contribution is 5.59. The first-order valence-electron chi connectivity index (χ1n) is 5.92. The number of hydrogen-bond acceptors (Lipinski definition) is 2. The first-order chi connectivity index (χ1) is 7.61. The minimum Gasteiger partial charge on any atom is -0.383 e. The molecule has 0 fully saturated rings. The molecule has 1 atom stereocenters. The monoisotopic (exact) mass is 221 g/mol. The molecule has 0 saturated carbocycles. The van der Waals surface area contributed by atoms with Gasteiger partial charge in [0.1, 0.15) is 0 Å². The van der Waals surface area contributed by atoms with Crippen LogP contribution in [-0.2, 0) is 11.2 Å². The Labute approximate surface area is 99.2 Å². The average molecular weight is 221 g/mol. The number of benzene rings is 1. The molecule has 0 bridgehead atoms. The van der Waals surface area contributed by atoms with Crippen molar-refractivity contribution in [1.29, 1.82) is 0 Å². The summed E-state index contributed by atoms with van der Waals surface area (Å²) >= 11 is 0. The third kappa shape index (κ3) is 2.76. The van der Waals surface area contributed by atoms with E-state index in [4.69, 9.17) is 4.74 Å². The van der Waals surface area contributed by atoms with Gasteiger partial charge in [-0.25, -0.2) is 0 Å². The van der Waals surface area contributed by atoms with Crippen molar-refractivity contribution < 1.29 is 4.74 Å². The molecular weight excluding hydrogens is 198 g/mol. The van der Waals surface area contributed by atoms with Gasteiger partial charge in [-0.3, -0.25) is 0 Å². The zero-order valence-electron chi connectivity index (χ0n) is 11.1. The normalized spacial score (nSPS) is 12.6. The second kappa shape index (κ2) is 5.90. The summed E-state index contributed by atoms with van der Waals surface area (Å²) in [4.78, 5) is 2.32. The van der Waals surface area contributed by atoms with E-state index >= 15 is 0 Å². The summed E-state index contributed by atoms with van der Waals surface area (Å²) in [5.41, 5.74) is 4.10. The van der Waals surface area contributed by atoms with Crippen LogP contribution < -0.4 is 4.90 Å². The Balaban J connectivity index is 3.01. The van der Waals surface area contributed by atoms with Gasteiger partial charge >= 0.3 is 0 Å².